The van der Waals surface area contributed by atoms with Crippen molar-refractivity contribution in [3.8, 4) is 0 Å². The number of hydrogen-bond acceptors (Lipinski definition) is 6. The lowest BCUT2D eigenvalue weighted by atomic mass is 10.1. The molecule has 2 aromatic rings. The van der Waals surface area contributed by atoms with Crippen LogP contribution in [0, 0.1) is 17.0 Å². The van der Waals surface area contributed by atoms with E-state index < -0.39 is 16.6 Å². The highest BCUT2D eigenvalue weighted by Crippen LogP contribution is 2.28. The number of nitro groups is 1. The van der Waals surface area contributed by atoms with Crippen LogP contribution in [0.5, 0.6) is 0 Å². The predicted octanol–water partition coefficient (Wildman–Crippen LogP) is 3.36. The van der Waals surface area contributed by atoms with Crippen molar-refractivity contribution in [1.29, 1.82) is 0 Å². The average Bonchev–Trinajstić information content (AvgIpc) is 2.78. The Morgan fingerprint density at radius 3 is 2.76 bits per heavy atom. The Hall–Kier alpha value is -2.48. The van der Waals surface area contributed by atoms with Crippen LogP contribution in [-0.4, -0.2) is 21.0 Å². The Morgan fingerprint density at radius 2 is 2.24 bits per heavy atom. The number of rotatable bonds is 5. The standard InChI is InChI=1S/C13H13N3O4S/c1-3-10-7(2)21-13(15-10)14-8-4-5-11(16(19)20)9(6-8)12(17)18/h4-6H,3H2,1-2H3,(H,14,15)(H,17,18). The van der Waals surface area contributed by atoms with E-state index >= 15 is 0 Å². The molecule has 1 aromatic heterocycles. The second kappa shape index (κ2) is 5.88. The highest BCUT2D eigenvalue weighted by Gasteiger charge is 2.20. The third kappa shape index (κ3) is 3.16. The Labute approximate surface area is 124 Å². The Bertz CT molecular complexity index is 711. The molecule has 0 radical (unpaired) electrons. The van der Waals surface area contributed by atoms with Crippen LogP contribution in [0.4, 0.5) is 16.5 Å². The third-order valence-corrected chi connectivity index (χ3v) is 3.83. The van der Waals surface area contributed by atoms with Crippen molar-refractivity contribution in [2.24, 2.45) is 0 Å². The number of aryl methyl sites for hydroxylation is 2. The molecule has 0 amide bonds. The quantitative estimate of drug-likeness (QED) is 0.648. The van der Waals surface area contributed by atoms with Gasteiger partial charge in [-0.05, 0) is 25.5 Å². The van der Waals surface area contributed by atoms with Gasteiger partial charge in [0.15, 0.2) is 5.13 Å². The van der Waals surface area contributed by atoms with E-state index in [-0.39, 0.29) is 5.56 Å². The summed E-state index contributed by atoms with van der Waals surface area (Å²) in [7, 11) is 0. The maximum Gasteiger partial charge on any atom is 0.342 e. The Balaban J connectivity index is 2.34. The van der Waals surface area contributed by atoms with Crippen molar-refractivity contribution in [3.63, 3.8) is 0 Å². The second-order valence-electron chi connectivity index (χ2n) is 4.29. The predicted molar refractivity (Wildman–Crippen MR) is 79.6 cm³/mol. The summed E-state index contributed by atoms with van der Waals surface area (Å²) in [6.07, 6.45) is 0.810. The van der Waals surface area contributed by atoms with Crippen LogP contribution in [0.2, 0.25) is 0 Å². The summed E-state index contributed by atoms with van der Waals surface area (Å²) in [5.41, 5.74) is 0.642. The number of carbonyl (C=O) groups is 1. The molecule has 2 N–H and O–H groups in total. The number of anilines is 2. The first kappa shape index (κ1) is 14.9. The van der Waals surface area contributed by atoms with Crippen LogP contribution in [0.3, 0.4) is 0 Å². The minimum absolute atomic E-state index is 0.353. The molecule has 0 saturated carbocycles. The smallest absolute Gasteiger partial charge is 0.342 e. The fraction of sp³-hybridized carbons (Fsp3) is 0.231. The second-order valence-corrected chi connectivity index (χ2v) is 5.50. The number of thiazole rings is 1. The maximum absolute atomic E-state index is 11.1. The molecule has 7 nitrogen and oxygen atoms in total. The third-order valence-electron chi connectivity index (χ3n) is 2.90. The molecule has 2 rings (SSSR count). The highest BCUT2D eigenvalue weighted by molar-refractivity contribution is 7.15. The monoisotopic (exact) mass is 307 g/mol. The lowest BCUT2D eigenvalue weighted by Gasteiger charge is -2.04. The summed E-state index contributed by atoms with van der Waals surface area (Å²) in [4.78, 5) is 26.6. The van der Waals surface area contributed by atoms with Crippen LogP contribution in [0.25, 0.3) is 0 Å². The van der Waals surface area contributed by atoms with Gasteiger partial charge in [-0.1, -0.05) is 6.92 Å². The minimum atomic E-state index is -1.34. The molecule has 0 aliphatic heterocycles. The minimum Gasteiger partial charge on any atom is -0.477 e. The molecule has 0 unspecified atom stereocenters. The average molecular weight is 307 g/mol. The topological polar surface area (TPSA) is 105 Å². The molecular formula is C13H13N3O4S. The molecule has 0 spiro atoms. The van der Waals surface area contributed by atoms with Crippen LogP contribution < -0.4 is 5.32 Å². The van der Waals surface area contributed by atoms with Crippen molar-refractivity contribution in [1.82, 2.24) is 4.98 Å². The number of benzene rings is 1. The first-order valence-electron chi connectivity index (χ1n) is 6.17. The Kier molecular flexibility index (Phi) is 4.18. The zero-order valence-electron chi connectivity index (χ0n) is 11.4. The van der Waals surface area contributed by atoms with Gasteiger partial charge in [-0.15, -0.1) is 11.3 Å². The van der Waals surface area contributed by atoms with Crippen molar-refractivity contribution in [2.45, 2.75) is 20.3 Å². The zero-order valence-corrected chi connectivity index (χ0v) is 12.2. The molecule has 110 valence electrons. The largest absolute Gasteiger partial charge is 0.477 e. The van der Waals surface area contributed by atoms with Gasteiger partial charge < -0.3 is 10.4 Å². The number of carboxylic acid groups (broad SMARTS) is 1. The molecule has 0 aliphatic rings. The first-order chi connectivity index (χ1) is 9.92. The van der Waals surface area contributed by atoms with Crippen molar-refractivity contribution in [3.05, 3.63) is 44.4 Å². The molecule has 0 fully saturated rings. The van der Waals surface area contributed by atoms with Gasteiger partial charge in [0, 0.05) is 16.6 Å². The molecule has 21 heavy (non-hydrogen) atoms. The SMILES string of the molecule is CCc1nc(Nc2ccc([N+](=O)[O-])c(C(=O)O)c2)sc1C. The zero-order chi connectivity index (χ0) is 15.6. The van der Waals surface area contributed by atoms with Gasteiger partial charge >= 0.3 is 5.97 Å². The van der Waals surface area contributed by atoms with E-state index in [2.05, 4.69) is 10.3 Å². The van der Waals surface area contributed by atoms with Crippen LogP contribution in [0.1, 0.15) is 27.9 Å². The number of hydrogen-bond donors (Lipinski definition) is 2. The van der Waals surface area contributed by atoms with Crippen molar-refractivity contribution in [2.75, 3.05) is 5.32 Å². The summed E-state index contributed by atoms with van der Waals surface area (Å²) in [6, 6.07) is 3.88. The normalized spacial score (nSPS) is 10.4. The van der Waals surface area contributed by atoms with E-state index in [1.165, 1.54) is 29.5 Å². The number of nitrogens with one attached hydrogen (secondary N) is 1. The molecule has 1 aromatic carbocycles. The summed E-state index contributed by atoms with van der Waals surface area (Å²) >= 11 is 1.46. The first-order valence-corrected chi connectivity index (χ1v) is 6.99. The molecule has 1 heterocycles. The fourth-order valence-corrected chi connectivity index (χ4v) is 2.80. The lowest BCUT2D eigenvalue weighted by Crippen LogP contribution is -2.03. The van der Waals surface area contributed by atoms with E-state index in [9.17, 15) is 14.9 Å². The molecule has 0 atom stereocenters. The molecule has 0 aliphatic carbocycles. The number of nitro benzene ring substituents is 1. The van der Waals surface area contributed by atoms with E-state index in [1.807, 2.05) is 13.8 Å². The number of aromatic nitrogens is 1. The summed E-state index contributed by atoms with van der Waals surface area (Å²) in [5, 5.41) is 23.5. The number of aromatic carboxylic acids is 1. The van der Waals surface area contributed by atoms with Gasteiger partial charge in [0.05, 0.1) is 10.6 Å². The van der Waals surface area contributed by atoms with Gasteiger partial charge in [-0.25, -0.2) is 9.78 Å². The van der Waals surface area contributed by atoms with Crippen LogP contribution >= 0.6 is 11.3 Å². The van der Waals surface area contributed by atoms with Crippen molar-refractivity contribution >= 4 is 33.8 Å². The fourth-order valence-electron chi connectivity index (χ4n) is 1.88. The van der Waals surface area contributed by atoms with Gasteiger partial charge in [0.25, 0.3) is 5.69 Å². The summed E-state index contributed by atoms with van der Waals surface area (Å²) in [5.74, 6) is -1.34. The van der Waals surface area contributed by atoms with Crippen LogP contribution in [0.15, 0.2) is 18.2 Å². The van der Waals surface area contributed by atoms with E-state index in [0.29, 0.717) is 10.8 Å². The van der Waals surface area contributed by atoms with E-state index in [1.54, 1.807) is 0 Å². The summed E-state index contributed by atoms with van der Waals surface area (Å²) < 4.78 is 0. The number of nitrogens with zero attached hydrogens (tertiary/aromatic N) is 2. The van der Waals surface area contributed by atoms with Crippen molar-refractivity contribution < 1.29 is 14.8 Å². The van der Waals surface area contributed by atoms with Crippen LogP contribution in [-0.2, 0) is 6.42 Å². The summed E-state index contributed by atoms with van der Waals surface area (Å²) in [6.45, 7) is 3.96. The molecule has 8 heteroatoms. The Morgan fingerprint density at radius 1 is 1.52 bits per heavy atom. The lowest BCUT2D eigenvalue weighted by molar-refractivity contribution is -0.385. The van der Waals surface area contributed by atoms with Gasteiger partial charge in [-0.2, -0.15) is 0 Å². The van der Waals surface area contributed by atoms with E-state index in [0.717, 1.165) is 17.0 Å². The van der Waals surface area contributed by atoms with Gasteiger partial charge in [0.1, 0.15) is 5.56 Å². The molecule has 0 saturated heterocycles. The molecule has 0 bridgehead atoms. The van der Waals surface area contributed by atoms with E-state index in [4.69, 9.17) is 5.11 Å². The maximum atomic E-state index is 11.1. The molecular weight excluding hydrogens is 294 g/mol. The highest BCUT2D eigenvalue weighted by atomic mass is 32.1. The van der Waals surface area contributed by atoms with Gasteiger partial charge in [-0.3, -0.25) is 10.1 Å². The van der Waals surface area contributed by atoms with Gasteiger partial charge in [0.2, 0.25) is 0 Å². The number of carboxylic acids is 1.